The van der Waals surface area contributed by atoms with Gasteiger partial charge < -0.3 is 14.0 Å². The third-order valence-electron chi connectivity index (χ3n) is 4.50. The molecule has 26 heavy (non-hydrogen) atoms. The van der Waals surface area contributed by atoms with Crippen LogP contribution in [0, 0.1) is 5.92 Å². The molecule has 0 aliphatic rings. The van der Waals surface area contributed by atoms with Crippen LogP contribution >= 0.6 is 0 Å². The number of methoxy groups -OCH3 is 2. The monoisotopic (exact) mass is 351 g/mol. The first kappa shape index (κ1) is 18.1. The van der Waals surface area contributed by atoms with Gasteiger partial charge in [-0.1, -0.05) is 26.0 Å². The molecule has 0 saturated carbocycles. The average Bonchev–Trinajstić information content (AvgIpc) is 2.96. The highest BCUT2D eigenvalue weighted by Gasteiger charge is 2.13. The highest BCUT2D eigenvalue weighted by Crippen LogP contribution is 2.27. The smallest absolute Gasteiger partial charge is 0.337 e. The lowest BCUT2D eigenvalue weighted by atomic mass is 10.1. The molecule has 0 radical (unpaired) electrons. The largest absolute Gasteiger partial charge is 0.497 e. The summed E-state index contributed by atoms with van der Waals surface area (Å²) in [6.45, 7) is 5.16. The van der Waals surface area contributed by atoms with E-state index in [0.717, 1.165) is 17.7 Å². The van der Waals surface area contributed by atoms with E-state index in [2.05, 4.69) is 36.6 Å². The summed E-state index contributed by atoms with van der Waals surface area (Å²) >= 11 is 0. The summed E-state index contributed by atoms with van der Waals surface area (Å²) in [6, 6.07) is 16.0. The van der Waals surface area contributed by atoms with Gasteiger partial charge in [0.15, 0.2) is 0 Å². The molecule has 0 saturated heterocycles. The van der Waals surface area contributed by atoms with Crippen molar-refractivity contribution in [2.45, 2.75) is 26.8 Å². The fraction of sp³-hybridized carbons (Fsp3) is 0.318. The Kier molecular flexibility index (Phi) is 5.31. The van der Waals surface area contributed by atoms with Gasteiger partial charge in [-0.15, -0.1) is 0 Å². The van der Waals surface area contributed by atoms with Gasteiger partial charge in [0.1, 0.15) is 5.75 Å². The van der Waals surface area contributed by atoms with Crippen LogP contribution in [0.2, 0.25) is 0 Å². The van der Waals surface area contributed by atoms with Crippen molar-refractivity contribution in [3.05, 3.63) is 65.4 Å². The molecule has 0 spiro atoms. The van der Waals surface area contributed by atoms with E-state index < -0.39 is 0 Å². The number of hydrogen-bond donors (Lipinski definition) is 0. The quantitative estimate of drug-likeness (QED) is 0.605. The number of ether oxygens (including phenoxy) is 2. The van der Waals surface area contributed by atoms with E-state index in [0.29, 0.717) is 18.0 Å². The highest BCUT2D eigenvalue weighted by atomic mass is 16.5. The lowest BCUT2D eigenvalue weighted by Gasteiger charge is -2.13. The predicted octanol–water partition coefficient (Wildman–Crippen LogP) is 4.68. The summed E-state index contributed by atoms with van der Waals surface area (Å²) < 4.78 is 12.5. The zero-order valence-corrected chi connectivity index (χ0v) is 15.8. The van der Waals surface area contributed by atoms with Crippen LogP contribution in [-0.2, 0) is 17.7 Å². The highest BCUT2D eigenvalue weighted by molar-refractivity contribution is 5.89. The molecule has 1 heterocycles. The first-order valence-corrected chi connectivity index (χ1v) is 8.85. The summed E-state index contributed by atoms with van der Waals surface area (Å²) in [7, 11) is 3.09. The lowest BCUT2D eigenvalue weighted by molar-refractivity contribution is 0.0600. The van der Waals surface area contributed by atoms with Crippen LogP contribution in [0.4, 0.5) is 0 Å². The SMILES string of the molecule is COC(=O)c1cccc(Cn2c(CC(C)C)cc3cc(OC)ccc32)c1. The van der Waals surface area contributed by atoms with Crippen LogP contribution in [0.25, 0.3) is 10.9 Å². The number of fused-ring (bicyclic) bond motifs is 1. The maximum atomic E-state index is 11.8. The maximum Gasteiger partial charge on any atom is 0.337 e. The third-order valence-corrected chi connectivity index (χ3v) is 4.50. The van der Waals surface area contributed by atoms with Crippen LogP contribution < -0.4 is 4.74 Å². The van der Waals surface area contributed by atoms with E-state index in [1.54, 1.807) is 13.2 Å². The van der Waals surface area contributed by atoms with Crippen molar-refractivity contribution in [2.75, 3.05) is 14.2 Å². The van der Waals surface area contributed by atoms with Crippen molar-refractivity contribution in [3.63, 3.8) is 0 Å². The van der Waals surface area contributed by atoms with E-state index in [-0.39, 0.29) is 5.97 Å². The molecule has 0 fully saturated rings. The second kappa shape index (κ2) is 7.65. The molecule has 0 atom stereocenters. The first-order chi connectivity index (χ1) is 12.5. The summed E-state index contributed by atoms with van der Waals surface area (Å²) in [5.41, 5.74) is 4.11. The predicted molar refractivity (Wildman–Crippen MR) is 104 cm³/mol. The van der Waals surface area contributed by atoms with Crippen molar-refractivity contribution in [1.82, 2.24) is 4.57 Å². The Labute approximate surface area is 154 Å². The van der Waals surface area contributed by atoms with Gasteiger partial charge >= 0.3 is 5.97 Å². The molecule has 0 amide bonds. The van der Waals surface area contributed by atoms with Crippen molar-refractivity contribution in [3.8, 4) is 5.75 Å². The van der Waals surface area contributed by atoms with Crippen molar-refractivity contribution >= 4 is 16.9 Å². The standard InChI is InChI=1S/C22H25NO3/c1-15(2)10-19-12-18-13-20(25-3)8-9-21(18)23(19)14-16-6-5-7-17(11-16)22(24)26-4/h5-9,11-13,15H,10,14H2,1-4H3. The van der Waals surface area contributed by atoms with Gasteiger partial charge in [0.05, 0.1) is 19.8 Å². The number of hydrogen-bond acceptors (Lipinski definition) is 3. The van der Waals surface area contributed by atoms with E-state index in [1.165, 1.54) is 23.7 Å². The number of carbonyl (C=O) groups is 1. The molecule has 0 unspecified atom stereocenters. The Morgan fingerprint density at radius 1 is 1.08 bits per heavy atom. The Balaban J connectivity index is 2.04. The Bertz CT molecular complexity index is 924. The minimum Gasteiger partial charge on any atom is -0.497 e. The molecule has 0 aliphatic heterocycles. The maximum absolute atomic E-state index is 11.8. The van der Waals surface area contributed by atoms with Crippen molar-refractivity contribution in [2.24, 2.45) is 5.92 Å². The van der Waals surface area contributed by atoms with Crippen LogP contribution in [-0.4, -0.2) is 24.8 Å². The fourth-order valence-corrected chi connectivity index (χ4v) is 3.30. The minimum absolute atomic E-state index is 0.309. The Morgan fingerprint density at radius 3 is 2.58 bits per heavy atom. The normalized spacial score (nSPS) is 11.1. The molecule has 0 bridgehead atoms. The van der Waals surface area contributed by atoms with Gasteiger partial charge in [-0.2, -0.15) is 0 Å². The molecule has 0 aliphatic carbocycles. The van der Waals surface area contributed by atoms with E-state index in [9.17, 15) is 4.79 Å². The molecule has 2 aromatic carbocycles. The van der Waals surface area contributed by atoms with Gasteiger partial charge in [0.2, 0.25) is 0 Å². The number of rotatable bonds is 6. The number of esters is 1. The number of carbonyl (C=O) groups excluding carboxylic acids is 1. The zero-order chi connectivity index (χ0) is 18.7. The molecule has 3 rings (SSSR count). The summed E-state index contributed by atoms with van der Waals surface area (Å²) in [4.78, 5) is 11.8. The Morgan fingerprint density at radius 2 is 1.88 bits per heavy atom. The topological polar surface area (TPSA) is 40.5 Å². The van der Waals surface area contributed by atoms with Gasteiger partial charge in [-0.05, 0) is 54.3 Å². The number of nitrogens with zero attached hydrogens (tertiary/aromatic N) is 1. The average molecular weight is 351 g/mol. The molecule has 4 heteroatoms. The van der Waals surface area contributed by atoms with Gasteiger partial charge in [-0.25, -0.2) is 4.79 Å². The van der Waals surface area contributed by atoms with E-state index >= 15 is 0 Å². The minimum atomic E-state index is -0.309. The van der Waals surface area contributed by atoms with Crippen molar-refractivity contribution < 1.29 is 14.3 Å². The molecule has 0 N–H and O–H groups in total. The number of benzene rings is 2. The molecule has 1 aromatic heterocycles. The van der Waals surface area contributed by atoms with Gasteiger partial charge in [0, 0.05) is 23.1 Å². The van der Waals surface area contributed by atoms with E-state index in [1.807, 2.05) is 24.3 Å². The third kappa shape index (κ3) is 3.74. The molecule has 4 nitrogen and oxygen atoms in total. The molecule has 136 valence electrons. The first-order valence-electron chi connectivity index (χ1n) is 8.85. The molecular formula is C22H25NO3. The van der Waals surface area contributed by atoms with Crippen LogP contribution in [0.15, 0.2) is 48.5 Å². The van der Waals surface area contributed by atoms with Gasteiger partial charge in [-0.3, -0.25) is 0 Å². The van der Waals surface area contributed by atoms with E-state index in [4.69, 9.17) is 9.47 Å². The molecular weight excluding hydrogens is 326 g/mol. The molecule has 3 aromatic rings. The van der Waals surface area contributed by atoms with Crippen LogP contribution in [0.3, 0.4) is 0 Å². The fourth-order valence-electron chi connectivity index (χ4n) is 3.30. The van der Waals surface area contributed by atoms with Crippen LogP contribution in [0.5, 0.6) is 5.75 Å². The van der Waals surface area contributed by atoms with Crippen molar-refractivity contribution in [1.29, 1.82) is 0 Å². The number of aromatic nitrogens is 1. The lowest BCUT2D eigenvalue weighted by Crippen LogP contribution is -2.08. The summed E-state index contributed by atoms with van der Waals surface area (Å²) in [6.07, 6.45) is 0.994. The zero-order valence-electron chi connectivity index (χ0n) is 15.8. The summed E-state index contributed by atoms with van der Waals surface area (Å²) in [5, 5.41) is 1.17. The second-order valence-corrected chi connectivity index (χ2v) is 6.94. The van der Waals surface area contributed by atoms with Crippen LogP contribution in [0.1, 0.15) is 35.5 Å². The summed E-state index contributed by atoms with van der Waals surface area (Å²) in [5.74, 6) is 1.11. The van der Waals surface area contributed by atoms with Gasteiger partial charge in [0.25, 0.3) is 0 Å². The second-order valence-electron chi connectivity index (χ2n) is 6.94. The Hall–Kier alpha value is -2.75.